The van der Waals surface area contributed by atoms with Crippen molar-refractivity contribution < 1.29 is 19.4 Å². The lowest BCUT2D eigenvalue weighted by Crippen LogP contribution is -2.48. The molecule has 2 heterocycles. The summed E-state index contributed by atoms with van der Waals surface area (Å²) in [5.41, 5.74) is 3.99. The number of aryl methyl sites for hydroxylation is 2. The van der Waals surface area contributed by atoms with Gasteiger partial charge in [-0.3, -0.25) is 19.4 Å². The van der Waals surface area contributed by atoms with E-state index in [0.717, 1.165) is 29.8 Å². The molecule has 0 radical (unpaired) electrons. The Morgan fingerprint density at radius 2 is 1.74 bits per heavy atom. The Morgan fingerprint density at radius 1 is 1.03 bits per heavy atom. The maximum Gasteiger partial charge on any atom is 0.277 e. The molecule has 1 aromatic carbocycles. The van der Waals surface area contributed by atoms with Gasteiger partial charge in [0, 0.05) is 45.9 Å². The summed E-state index contributed by atoms with van der Waals surface area (Å²) >= 11 is 0. The van der Waals surface area contributed by atoms with Crippen molar-refractivity contribution in [2.45, 2.75) is 40.2 Å². The summed E-state index contributed by atoms with van der Waals surface area (Å²) < 4.78 is 5.59. The monoisotopic (exact) mass is 429 g/mol. The van der Waals surface area contributed by atoms with Crippen molar-refractivity contribution >= 4 is 17.4 Å². The minimum atomic E-state index is -0.214. The van der Waals surface area contributed by atoms with E-state index in [1.807, 2.05) is 44.7 Å². The number of aliphatic hydroxyl groups is 1. The van der Waals surface area contributed by atoms with Crippen molar-refractivity contribution in [2.24, 2.45) is 0 Å². The van der Waals surface area contributed by atoms with Crippen molar-refractivity contribution in [1.82, 2.24) is 14.7 Å². The van der Waals surface area contributed by atoms with Gasteiger partial charge in [-0.05, 0) is 45.2 Å². The SMILES string of the molecule is Cc1ccc(C2=C(N3CCN(CCO)CC3)C(=O)N(CCCOC(C)C)C2=O)c(C)c1. The number of piperazine rings is 1. The summed E-state index contributed by atoms with van der Waals surface area (Å²) in [4.78, 5) is 32.5. The smallest absolute Gasteiger partial charge is 0.277 e. The second-order valence-corrected chi connectivity index (χ2v) is 8.63. The van der Waals surface area contributed by atoms with Gasteiger partial charge < -0.3 is 14.7 Å². The lowest BCUT2D eigenvalue weighted by Gasteiger charge is -2.36. The number of aliphatic hydroxyl groups excluding tert-OH is 1. The summed E-state index contributed by atoms with van der Waals surface area (Å²) in [6, 6.07) is 6.00. The average Bonchev–Trinajstić information content (AvgIpc) is 2.96. The molecule has 0 atom stereocenters. The molecule has 2 amide bonds. The van der Waals surface area contributed by atoms with Gasteiger partial charge in [-0.1, -0.05) is 23.8 Å². The number of hydrogen-bond donors (Lipinski definition) is 1. The van der Waals surface area contributed by atoms with E-state index in [4.69, 9.17) is 4.74 Å². The zero-order valence-electron chi connectivity index (χ0n) is 19.2. The van der Waals surface area contributed by atoms with Gasteiger partial charge in [0.05, 0.1) is 18.3 Å². The van der Waals surface area contributed by atoms with Gasteiger partial charge in [-0.15, -0.1) is 0 Å². The Balaban J connectivity index is 1.88. The predicted octanol–water partition coefficient (Wildman–Crippen LogP) is 1.81. The van der Waals surface area contributed by atoms with Gasteiger partial charge in [-0.2, -0.15) is 0 Å². The zero-order chi connectivity index (χ0) is 22.5. The van der Waals surface area contributed by atoms with Gasteiger partial charge in [0.25, 0.3) is 11.8 Å². The van der Waals surface area contributed by atoms with Crippen LogP contribution in [0.5, 0.6) is 0 Å². The topological polar surface area (TPSA) is 73.3 Å². The molecule has 1 saturated heterocycles. The van der Waals surface area contributed by atoms with Crippen molar-refractivity contribution in [3.63, 3.8) is 0 Å². The normalized spacial score (nSPS) is 18.1. The van der Waals surface area contributed by atoms with E-state index in [1.54, 1.807) is 0 Å². The fourth-order valence-electron chi connectivity index (χ4n) is 4.27. The first-order valence-corrected chi connectivity index (χ1v) is 11.2. The van der Waals surface area contributed by atoms with Gasteiger partial charge in [0.15, 0.2) is 0 Å². The zero-order valence-corrected chi connectivity index (χ0v) is 19.2. The van der Waals surface area contributed by atoms with Crippen LogP contribution in [0.15, 0.2) is 23.9 Å². The molecule has 0 aromatic heterocycles. The Hall–Kier alpha value is -2.22. The number of rotatable bonds is 9. The molecule has 0 aliphatic carbocycles. The van der Waals surface area contributed by atoms with Gasteiger partial charge >= 0.3 is 0 Å². The molecule has 7 nitrogen and oxygen atoms in total. The molecule has 3 rings (SSSR count). The number of β-amino-alcohol motifs (C(OH)–C–C–N with tert-alkyl or cyclic N) is 1. The third-order valence-electron chi connectivity index (χ3n) is 5.88. The number of carbonyl (C=O) groups is 2. The molecule has 2 aliphatic heterocycles. The number of carbonyl (C=O) groups excluding carboxylic acids is 2. The minimum Gasteiger partial charge on any atom is -0.395 e. The lowest BCUT2D eigenvalue weighted by atomic mass is 9.97. The Morgan fingerprint density at radius 3 is 2.35 bits per heavy atom. The first kappa shape index (κ1) is 23.4. The summed E-state index contributed by atoms with van der Waals surface area (Å²) in [5.74, 6) is -0.422. The highest BCUT2D eigenvalue weighted by Gasteiger charge is 2.42. The summed E-state index contributed by atoms with van der Waals surface area (Å²) in [7, 11) is 0. The first-order valence-electron chi connectivity index (χ1n) is 11.2. The van der Waals surface area contributed by atoms with Crippen LogP contribution in [-0.4, -0.2) is 90.2 Å². The first-order chi connectivity index (χ1) is 14.8. The predicted molar refractivity (Wildman–Crippen MR) is 120 cm³/mol. The lowest BCUT2D eigenvalue weighted by molar-refractivity contribution is -0.137. The van der Waals surface area contributed by atoms with Crippen LogP contribution in [0.25, 0.3) is 5.57 Å². The molecule has 0 bridgehead atoms. The van der Waals surface area contributed by atoms with E-state index in [2.05, 4.69) is 11.0 Å². The van der Waals surface area contributed by atoms with E-state index in [0.29, 0.717) is 50.5 Å². The third-order valence-corrected chi connectivity index (χ3v) is 5.88. The molecule has 7 heteroatoms. The third kappa shape index (κ3) is 5.34. The van der Waals surface area contributed by atoms with E-state index in [-0.39, 0.29) is 24.5 Å². The van der Waals surface area contributed by atoms with Crippen LogP contribution in [0, 0.1) is 13.8 Å². The summed E-state index contributed by atoms with van der Waals surface area (Å²) in [6.45, 7) is 12.4. The highest BCUT2D eigenvalue weighted by molar-refractivity contribution is 6.35. The fourth-order valence-corrected chi connectivity index (χ4v) is 4.27. The summed E-state index contributed by atoms with van der Waals surface area (Å²) in [6.07, 6.45) is 0.743. The Bertz CT molecular complexity index is 841. The highest BCUT2D eigenvalue weighted by Crippen LogP contribution is 2.34. The number of imide groups is 1. The molecule has 0 unspecified atom stereocenters. The van der Waals surface area contributed by atoms with Crippen LogP contribution in [0.2, 0.25) is 0 Å². The molecular weight excluding hydrogens is 394 g/mol. The van der Waals surface area contributed by atoms with E-state index in [9.17, 15) is 14.7 Å². The number of benzene rings is 1. The van der Waals surface area contributed by atoms with Crippen molar-refractivity contribution in [3.05, 3.63) is 40.6 Å². The standard InChI is InChI=1S/C24H35N3O4/c1-17(2)31-15-5-8-27-23(29)21(20-7-6-18(3)16-19(20)4)22(24(27)30)26-11-9-25(10-12-26)13-14-28/h6-7,16-17,28H,5,8-15H2,1-4H3. The van der Waals surface area contributed by atoms with Crippen LogP contribution in [0.3, 0.4) is 0 Å². The number of amides is 2. The minimum absolute atomic E-state index is 0.125. The van der Waals surface area contributed by atoms with Crippen LogP contribution in [0.4, 0.5) is 0 Å². The van der Waals surface area contributed by atoms with Crippen LogP contribution in [-0.2, 0) is 14.3 Å². The molecule has 0 saturated carbocycles. The largest absolute Gasteiger partial charge is 0.395 e. The van der Waals surface area contributed by atoms with Crippen LogP contribution < -0.4 is 0 Å². The molecule has 0 spiro atoms. The van der Waals surface area contributed by atoms with Gasteiger partial charge in [0.1, 0.15) is 5.70 Å². The van der Waals surface area contributed by atoms with Crippen molar-refractivity contribution in [3.8, 4) is 0 Å². The molecule has 170 valence electrons. The fraction of sp³-hybridized carbons (Fsp3) is 0.583. The van der Waals surface area contributed by atoms with E-state index < -0.39 is 0 Å². The van der Waals surface area contributed by atoms with Crippen LogP contribution in [0.1, 0.15) is 37.0 Å². The molecule has 2 aliphatic rings. The Labute approximate surface area is 185 Å². The number of nitrogens with zero attached hydrogens (tertiary/aromatic N) is 3. The molecule has 31 heavy (non-hydrogen) atoms. The number of ether oxygens (including phenoxy) is 1. The highest BCUT2D eigenvalue weighted by atomic mass is 16.5. The Kier molecular flexibility index (Phi) is 7.86. The van der Waals surface area contributed by atoms with E-state index in [1.165, 1.54) is 4.90 Å². The summed E-state index contributed by atoms with van der Waals surface area (Å²) in [5, 5.41) is 9.21. The van der Waals surface area contributed by atoms with Crippen molar-refractivity contribution in [2.75, 3.05) is 52.5 Å². The second kappa shape index (κ2) is 10.4. The number of hydrogen-bond acceptors (Lipinski definition) is 6. The van der Waals surface area contributed by atoms with Gasteiger partial charge in [0.2, 0.25) is 0 Å². The second-order valence-electron chi connectivity index (χ2n) is 8.63. The molecule has 1 aromatic rings. The van der Waals surface area contributed by atoms with Crippen molar-refractivity contribution in [1.29, 1.82) is 0 Å². The molecule has 1 fully saturated rings. The van der Waals surface area contributed by atoms with Gasteiger partial charge in [-0.25, -0.2) is 0 Å². The molecular formula is C24H35N3O4. The van der Waals surface area contributed by atoms with Crippen LogP contribution >= 0.6 is 0 Å². The van der Waals surface area contributed by atoms with E-state index >= 15 is 0 Å². The maximum absolute atomic E-state index is 13.4. The average molecular weight is 430 g/mol. The molecule has 1 N–H and O–H groups in total. The quantitative estimate of drug-likeness (QED) is 0.477. The maximum atomic E-state index is 13.4.